The van der Waals surface area contributed by atoms with Crippen molar-refractivity contribution in [1.29, 1.82) is 0 Å². The highest BCUT2D eigenvalue weighted by Crippen LogP contribution is 2.24. The van der Waals surface area contributed by atoms with Gasteiger partial charge in [-0.05, 0) is 37.7 Å². The number of hydrogen-bond donors (Lipinski definition) is 3. The van der Waals surface area contributed by atoms with Gasteiger partial charge in [0.15, 0.2) is 5.69 Å². The highest BCUT2D eigenvalue weighted by Gasteiger charge is 2.24. The van der Waals surface area contributed by atoms with Crippen molar-refractivity contribution in [1.82, 2.24) is 30.0 Å². The number of aromatic nitrogens is 5. The molecule has 130 valence electrons. The first-order valence-electron chi connectivity index (χ1n) is 8.49. The lowest BCUT2D eigenvalue weighted by atomic mass is 9.86. The Kier molecular flexibility index (Phi) is 4.19. The van der Waals surface area contributed by atoms with E-state index in [1.807, 2.05) is 6.07 Å². The molecule has 3 N–H and O–H groups in total. The fourth-order valence-corrected chi connectivity index (χ4v) is 3.37. The third-order valence-corrected chi connectivity index (χ3v) is 4.84. The van der Waals surface area contributed by atoms with Gasteiger partial charge in [-0.3, -0.25) is 14.5 Å². The lowest BCUT2D eigenvalue weighted by Gasteiger charge is -2.27. The molecule has 0 unspecified atom stereocenters. The quantitative estimate of drug-likeness (QED) is 0.666. The number of nitrogens with one attached hydrogen (secondary N) is 2. The zero-order valence-electron chi connectivity index (χ0n) is 13.7. The maximum absolute atomic E-state index is 12.8. The number of aromatic amines is 1. The van der Waals surface area contributed by atoms with Crippen LogP contribution < -0.4 is 5.32 Å². The SMILES string of the molecule is O=C(NC1CCC(CO)CC1)c1nc(-n2ccnc2)cc2cn[nH]c12. The molecule has 3 aromatic heterocycles. The average Bonchev–Trinajstić information content (AvgIpc) is 3.32. The zero-order valence-corrected chi connectivity index (χ0v) is 13.7. The van der Waals surface area contributed by atoms with Crippen LogP contribution in [0.5, 0.6) is 0 Å². The number of fused-ring (bicyclic) bond motifs is 1. The molecule has 25 heavy (non-hydrogen) atoms. The van der Waals surface area contributed by atoms with Crippen molar-refractivity contribution in [3.05, 3.63) is 36.7 Å². The molecule has 0 aliphatic heterocycles. The molecule has 3 aromatic rings. The molecule has 1 amide bonds. The summed E-state index contributed by atoms with van der Waals surface area (Å²) in [7, 11) is 0. The summed E-state index contributed by atoms with van der Waals surface area (Å²) in [5, 5.41) is 20.0. The molecule has 1 aliphatic carbocycles. The largest absolute Gasteiger partial charge is 0.396 e. The summed E-state index contributed by atoms with van der Waals surface area (Å²) in [6, 6.07) is 1.98. The molecule has 1 aliphatic rings. The fourth-order valence-electron chi connectivity index (χ4n) is 3.37. The van der Waals surface area contributed by atoms with E-state index in [1.54, 1.807) is 29.5 Å². The molecular weight excluding hydrogens is 320 g/mol. The number of imidazole rings is 1. The summed E-state index contributed by atoms with van der Waals surface area (Å²) in [5.74, 6) is 0.777. The Morgan fingerprint density at radius 1 is 1.36 bits per heavy atom. The number of amides is 1. The summed E-state index contributed by atoms with van der Waals surface area (Å²) in [6.45, 7) is 0.226. The van der Waals surface area contributed by atoms with Crippen molar-refractivity contribution in [2.45, 2.75) is 31.7 Å². The number of aliphatic hydroxyl groups excluding tert-OH is 1. The van der Waals surface area contributed by atoms with Gasteiger partial charge in [-0.15, -0.1) is 0 Å². The number of carbonyl (C=O) groups excluding carboxylic acids is 1. The second-order valence-corrected chi connectivity index (χ2v) is 6.51. The molecule has 0 saturated heterocycles. The van der Waals surface area contributed by atoms with Gasteiger partial charge in [-0.1, -0.05) is 0 Å². The molecular formula is C17H20N6O2. The molecule has 0 aromatic carbocycles. The number of rotatable bonds is 4. The lowest BCUT2D eigenvalue weighted by molar-refractivity contribution is 0.0910. The van der Waals surface area contributed by atoms with Crippen LogP contribution in [0.3, 0.4) is 0 Å². The van der Waals surface area contributed by atoms with Gasteiger partial charge >= 0.3 is 0 Å². The van der Waals surface area contributed by atoms with Gasteiger partial charge in [0, 0.05) is 30.4 Å². The number of H-pyrrole nitrogens is 1. The molecule has 1 fully saturated rings. The molecule has 4 rings (SSSR count). The first kappa shape index (κ1) is 15.8. The maximum atomic E-state index is 12.8. The summed E-state index contributed by atoms with van der Waals surface area (Å²) >= 11 is 0. The van der Waals surface area contributed by atoms with Crippen molar-refractivity contribution in [2.75, 3.05) is 6.61 Å². The molecule has 3 heterocycles. The Morgan fingerprint density at radius 2 is 2.20 bits per heavy atom. The molecule has 8 heteroatoms. The Labute approximate surface area is 144 Å². The predicted molar refractivity (Wildman–Crippen MR) is 91.3 cm³/mol. The Bertz CT molecular complexity index is 865. The van der Waals surface area contributed by atoms with Crippen LogP contribution in [-0.4, -0.2) is 48.4 Å². The van der Waals surface area contributed by atoms with Crippen LogP contribution in [0.2, 0.25) is 0 Å². The van der Waals surface area contributed by atoms with E-state index in [1.165, 1.54) is 0 Å². The molecule has 0 radical (unpaired) electrons. The van der Waals surface area contributed by atoms with E-state index in [2.05, 4.69) is 25.5 Å². The molecule has 0 spiro atoms. The second kappa shape index (κ2) is 6.64. The van der Waals surface area contributed by atoms with Gasteiger partial charge < -0.3 is 10.4 Å². The number of carbonyl (C=O) groups is 1. The summed E-state index contributed by atoms with van der Waals surface area (Å²) in [5.41, 5.74) is 0.966. The van der Waals surface area contributed by atoms with E-state index in [9.17, 15) is 9.90 Å². The van der Waals surface area contributed by atoms with Gasteiger partial charge in [-0.25, -0.2) is 9.97 Å². The van der Waals surface area contributed by atoms with Crippen LogP contribution in [-0.2, 0) is 0 Å². The zero-order chi connectivity index (χ0) is 17.2. The van der Waals surface area contributed by atoms with Gasteiger partial charge in [-0.2, -0.15) is 5.10 Å². The van der Waals surface area contributed by atoms with E-state index >= 15 is 0 Å². The van der Waals surface area contributed by atoms with Crippen LogP contribution in [0, 0.1) is 5.92 Å². The normalized spacial score (nSPS) is 20.7. The smallest absolute Gasteiger partial charge is 0.272 e. The van der Waals surface area contributed by atoms with E-state index in [-0.39, 0.29) is 18.6 Å². The Balaban J connectivity index is 1.59. The summed E-state index contributed by atoms with van der Waals surface area (Å²) in [6.07, 6.45) is 10.4. The van der Waals surface area contributed by atoms with Gasteiger partial charge in [0.25, 0.3) is 5.91 Å². The highest BCUT2D eigenvalue weighted by molar-refractivity contribution is 6.04. The van der Waals surface area contributed by atoms with Crippen LogP contribution in [0.4, 0.5) is 0 Å². The van der Waals surface area contributed by atoms with Gasteiger partial charge in [0.1, 0.15) is 12.1 Å². The first-order valence-corrected chi connectivity index (χ1v) is 8.49. The fraction of sp³-hybridized carbons (Fsp3) is 0.412. The maximum Gasteiger partial charge on any atom is 0.272 e. The minimum Gasteiger partial charge on any atom is -0.396 e. The second-order valence-electron chi connectivity index (χ2n) is 6.51. The first-order chi connectivity index (χ1) is 12.2. The van der Waals surface area contributed by atoms with E-state index in [0.29, 0.717) is 22.9 Å². The van der Waals surface area contributed by atoms with Crippen molar-refractivity contribution in [3.8, 4) is 5.82 Å². The van der Waals surface area contributed by atoms with Gasteiger partial charge in [0.05, 0.1) is 11.7 Å². The van der Waals surface area contributed by atoms with E-state index in [0.717, 1.165) is 31.1 Å². The molecule has 1 saturated carbocycles. The highest BCUT2D eigenvalue weighted by atomic mass is 16.3. The van der Waals surface area contributed by atoms with Crippen molar-refractivity contribution >= 4 is 16.8 Å². The Morgan fingerprint density at radius 3 is 2.92 bits per heavy atom. The van der Waals surface area contributed by atoms with Crippen molar-refractivity contribution < 1.29 is 9.90 Å². The van der Waals surface area contributed by atoms with Gasteiger partial charge in [0.2, 0.25) is 0 Å². The number of aliphatic hydroxyl groups is 1. The Hall–Kier alpha value is -2.74. The van der Waals surface area contributed by atoms with Crippen LogP contribution in [0.1, 0.15) is 36.2 Å². The monoisotopic (exact) mass is 340 g/mol. The minimum atomic E-state index is -0.205. The predicted octanol–water partition coefficient (Wildman–Crippen LogP) is 1.42. The van der Waals surface area contributed by atoms with Crippen LogP contribution >= 0.6 is 0 Å². The van der Waals surface area contributed by atoms with Crippen molar-refractivity contribution in [3.63, 3.8) is 0 Å². The third kappa shape index (κ3) is 3.12. The average molecular weight is 340 g/mol. The minimum absolute atomic E-state index is 0.118. The summed E-state index contributed by atoms with van der Waals surface area (Å²) in [4.78, 5) is 21.3. The number of hydrogen-bond acceptors (Lipinski definition) is 5. The summed E-state index contributed by atoms with van der Waals surface area (Å²) < 4.78 is 1.76. The molecule has 0 atom stereocenters. The molecule has 0 bridgehead atoms. The van der Waals surface area contributed by atoms with Crippen LogP contribution in [0.25, 0.3) is 16.7 Å². The van der Waals surface area contributed by atoms with Crippen LogP contribution in [0.15, 0.2) is 31.0 Å². The van der Waals surface area contributed by atoms with E-state index in [4.69, 9.17) is 0 Å². The third-order valence-electron chi connectivity index (χ3n) is 4.84. The number of pyridine rings is 1. The topological polar surface area (TPSA) is 109 Å². The lowest BCUT2D eigenvalue weighted by Crippen LogP contribution is -2.38. The molecule has 8 nitrogen and oxygen atoms in total. The van der Waals surface area contributed by atoms with E-state index < -0.39 is 0 Å². The van der Waals surface area contributed by atoms with Crippen molar-refractivity contribution in [2.24, 2.45) is 5.92 Å². The standard InChI is InChI=1S/C17H20N6O2/c24-9-11-1-3-13(4-2-11)20-17(25)16-15-12(8-19-22-15)7-14(21-16)23-6-5-18-10-23/h5-8,10-11,13,24H,1-4,9H2,(H,19,22)(H,20,25). The number of nitrogens with zero attached hydrogens (tertiary/aromatic N) is 4.